The van der Waals surface area contributed by atoms with E-state index in [1.807, 2.05) is 45.2 Å². The Morgan fingerprint density at radius 3 is 2.29 bits per heavy atom. The summed E-state index contributed by atoms with van der Waals surface area (Å²) in [7, 11) is -4.41. The van der Waals surface area contributed by atoms with E-state index in [1.165, 1.54) is 36.4 Å². The average Bonchev–Trinajstić information content (AvgIpc) is 2.83. The average molecular weight is 779 g/mol. The number of hydrogen-bond donors (Lipinski definition) is 3. The van der Waals surface area contributed by atoms with E-state index in [1.54, 1.807) is 36.4 Å². The van der Waals surface area contributed by atoms with Gasteiger partial charge in [-0.05, 0) is 93.2 Å². The topological polar surface area (TPSA) is 134 Å². The van der Waals surface area contributed by atoms with Crippen LogP contribution in [0.3, 0.4) is 0 Å². The summed E-state index contributed by atoms with van der Waals surface area (Å²) in [6.07, 6.45) is 0. The van der Waals surface area contributed by atoms with E-state index < -0.39 is 16.0 Å². The van der Waals surface area contributed by atoms with E-state index in [4.69, 9.17) is 4.42 Å². The molecule has 1 amide bonds. The number of fused-ring (bicyclic) bond motifs is 2. The Kier molecular flexibility index (Phi) is 9.05. The SMILES string of the molecule is O=C(Nc1c(I)cc(S(=O)(=O)O)cc1I)c1ccccc1-c1c2ccc(=O)cc-2oc2cc(O)ccc12.[H-].[K+]. The third kappa shape index (κ3) is 5.88. The number of anilines is 1. The second-order valence-electron chi connectivity index (χ2n) is 8.05. The Morgan fingerprint density at radius 1 is 0.921 bits per heavy atom. The Labute approximate surface area is 288 Å². The molecule has 0 saturated carbocycles. The number of aromatic hydroxyl groups is 1. The molecule has 0 fully saturated rings. The van der Waals surface area contributed by atoms with Gasteiger partial charge in [0.25, 0.3) is 16.0 Å². The molecule has 38 heavy (non-hydrogen) atoms. The molecule has 3 aromatic carbocycles. The maximum Gasteiger partial charge on any atom is 1.00 e. The summed E-state index contributed by atoms with van der Waals surface area (Å²) in [4.78, 5) is 25.3. The zero-order chi connectivity index (χ0) is 26.5. The number of halogens is 2. The van der Waals surface area contributed by atoms with Gasteiger partial charge < -0.3 is 16.3 Å². The van der Waals surface area contributed by atoms with Crippen molar-refractivity contribution >= 4 is 77.9 Å². The maximum atomic E-state index is 13.6. The monoisotopic (exact) mass is 779 g/mol. The van der Waals surface area contributed by atoms with Crippen LogP contribution in [0.4, 0.5) is 5.69 Å². The Morgan fingerprint density at radius 2 is 1.61 bits per heavy atom. The van der Waals surface area contributed by atoms with E-state index in [0.717, 1.165) is 0 Å². The normalized spacial score (nSPS) is 11.3. The van der Waals surface area contributed by atoms with Crippen molar-refractivity contribution in [1.29, 1.82) is 0 Å². The van der Waals surface area contributed by atoms with Crippen LogP contribution in [-0.4, -0.2) is 24.0 Å². The van der Waals surface area contributed by atoms with Crippen molar-refractivity contribution in [2.75, 3.05) is 5.32 Å². The number of benzene rings is 4. The van der Waals surface area contributed by atoms with E-state index in [0.29, 0.717) is 51.8 Å². The molecule has 0 spiro atoms. The molecule has 12 heteroatoms. The summed E-state index contributed by atoms with van der Waals surface area (Å²) in [5.74, 6) is -0.156. The molecule has 2 aliphatic rings. The van der Waals surface area contributed by atoms with E-state index in [-0.39, 0.29) is 68.9 Å². The first-order valence-corrected chi connectivity index (χ1v) is 14.2. The van der Waals surface area contributed by atoms with E-state index >= 15 is 0 Å². The zero-order valence-corrected chi connectivity index (χ0v) is 27.8. The fourth-order valence-corrected chi connectivity index (χ4v) is 7.04. The minimum absolute atomic E-state index is 0. The number of hydrogen-bond acceptors (Lipinski definition) is 6. The number of amides is 1. The zero-order valence-electron chi connectivity index (χ0n) is 20.5. The Bertz CT molecular complexity index is 1860. The number of rotatable bonds is 4. The summed E-state index contributed by atoms with van der Waals surface area (Å²) >= 11 is 3.79. The first kappa shape index (κ1) is 29.6. The molecular formula is C26H16I2KNO7S. The van der Waals surface area contributed by atoms with Crippen molar-refractivity contribution in [3.63, 3.8) is 0 Å². The molecular weight excluding hydrogens is 763 g/mol. The largest absolute Gasteiger partial charge is 1.00 e. The molecule has 0 radical (unpaired) electrons. The van der Waals surface area contributed by atoms with E-state index in [9.17, 15) is 27.7 Å². The molecule has 0 saturated heterocycles. The second-order valence-corrected chi connectivity index (χ2v) is 11.8. The van der Waals surface area contributed by atoms with Gasteiger partial charge in [0.2, 0.25) is 0 Å². The van der Waals surface area contributed by atoms with Crippen molar-refractivity contribution in [1.82, 2.24) is 0 Å². The quantitative estimate of drug-likeness (QED) is 0.111. The molecule has 3 aromatic rings. The van der Waals surface area contributed by atoms with Gasteiger partial charge in [-0.25, -0.2) is 0 Å². The van der Waals surface area contributed by atoms with E-state index in [2.05, 4.69) is 5.32 Å². The van der Waals surface area contributed by atoms with Crippen LogP contribution in [0.2, 0.25) is 0 Å². The van der Waals surface area contributed by atoms with Gasteiger partial charge in [0.05, 0.1) is 10.6 Å². The molecule has 8 nitrogen and oxygen atoms in total. The molecule has 0 atom stereocenters. The molecule has 1 aliphatic heterocycles. The van der Waals surface area contributed by atoms with Crippen LogP contribution in [0.5, 0.6) is 5.75 Å². The van der Waals surface area contributed by atoms with Crippen LogP contribution in [-0.2, 0) is 10.1 Å². The van der Waals surface area contributed by atoms with Gasteiger partial charge >= 0.3 is 51.4 Å². The van der Waals surface area contributed by atoms with Crippen LogP contribution >= 0.6 is 45.2 Å². The predicted molar refractivity (Wildman–Crippen MR) is 157 cm³/mol. The van der Waals surface area contributed by atoms with Crippen LogP contribution in [0.1, 0.15) is 11.8 Å². The summed E-state index contributed by atoms with van der Waals surface area (Å²) < 4.78 is 39.3. The maximum absolute atomic E-state index is 13.6. The molecule has 0 unspecified atom stereocenters. The molecule has 0 aromatic heterocycles. The summed E-state index contributed by atoms with van der Waals surface area (Å²) in [6.45, 7) is 0. The summed E-state index contributed by atoms with van der Waals surface area (Å²) in [6, 6.07) is 18.5. The first-order valence-electron chi connectivity index (χ1n) is 10.6. The van der Waals surface area contributed by atoms with Gasteiger partial charge in [0.15, 0.2) is 5.43 Å². The fraction of sp³-hybridized carbons (Fsp3) is 0. The van der Waals surface area contributed by atoms with Crippen LogP contribution < -0.4 is 62.1 Å². The smallest absolute Gasteiger partial charge is 1.00 e. The molecule has 5 rings (SSSR count). The second kappa shape index (κ2) is 11.6. The standard InChI is InChI=1S/C26H15I2NO7S.K.H/c27-20-11-15(37(33,34)35)12-21(28)25(20)29-26(32)17-4-2-1-3-16(17)24-18-7-5-13(30)9-22(18)36-23-10-14(31)6-8-19(23)24;;/h1-12,30H,(H,29,32)(H,33,34,35);;/q;+1;-1. The van der Waals surface area contributed by atoms with Gasteiger partial charge in [0, 0.05) is 41.3 Å². The number of phenols is 1. The Hall–Kier alpha value is -1.37. The minimum Gasteiger partial charge on any atom is -1.00 e. The van der Waals surface area contributed by atoms with Gasteiger partial charge in [-0.1, -0.05) is 18.2 Å². The molecule has 188 valence electrons. The number of carbonyl (C=O) groups excluding carboxylic acids is 1. The summed E-state index contributed by atoms with van der Waals surface area (Å²) in [5.41, 5.74) is 2.63. The fourth-order valence-electron chi connectivity index (χ4n) is 4.05. The first-order chi connectivity index (χ1) is 17.5. The van der Waals surface area contributed by atoms with Crippen molar-refractivity contribution in [3.05, 3.63) is 95.7 Å². The predicted octanol–water partition coefficient (Wildman–Crippen LogP) is 3.10. The van der Waals surface area contributed by atoms with Crippen LogP contribution in [0, 0.1) is 7.14 Å². The molecule has 1 aliphatic carbocycles. The van der Waals surface area contributed by atoms with Crippen molar-refractivity contribution in [3.8, 4) is 28.2 Å². The van der Waals surface area contributed by atoms with Crippen molar-refractivity contribution in [2.24, 2.45) is 0 Å². The van der Waals surface area contributed by atoms with Gasteiger partial charge in [0.1, 0.15) is 17.1 Å². The van der Waals surface area contributed by atoms with Gasteiger partial charge in [-0.15, -0.1) is 0 Å². The van der Waals surface area contributed by atoms with Gasteiger partial charge in [-0.2, -0.15) is 8.42 Å². The third-order valence-corrected chi connectivity index (χ3v) is 8.20. The Balaban J connectivity index is 0.00000210. The minimum atomic E-state index is -4.41. The molecule has 3 N–H and O–H groups in total. The third-order valence-electron chi connectivity index (χ3n) is 5.67. The molecule has 0 bridgehead atoms. The number of phenolic OH excluding ortho intramolecular Hbond substituents is 1. The molecule has 1 heterocycles. The number of carbonyl (C=O) groups is 1. The van der Waals surface area contributed by atoms with Crippen LogP contribution in [0.25, 0.3) is 33.4 Å². The number of nitrogens with one attached hydrogen (secondary N) is 1. The van der Waals surface area contributed by atoms with Crippen molar-refractivity contribution < 1.29 is 80.1 Å². The van der Waals surface area contributed by atoms with Crippen LogP contribution in [0.15, 0.2) is 86.9 Å². The van der Waals surface area contributed by atoms with Gasteiger partial charge in [-0.3, -0.25) is 14.1 Å². The summed E-state index contributed by atoms with van der Waals surface area (Å²) in [5, 5.41) is 13.5. The van der Waals surface area contributed by atoms with Crippen molar-refractivity contribution in [2.45, 2.75) is 4.90 Å².